The van der Waals surface area contributed by atoms with Gasteiger partial charge in [0.1, 0.15) is 11.6 Å². The van der Waals surface area contributed by atoms with Gasteiger partial charge in [-0.2, -0.15) is 0 Å². The Labute approximate surface area is 138 Å². The Bertz CT molecular complexity index is 829. The molecule has 3 aromatic rings. The van der Waals surface area contributed by atoms with Crippen LogP contribution < -0.4 is 0 Å². The minimum atomic E-state index is -0.318. The maximum absolute atomic E-state index is 13.5. The Morgan fingerprint density at radius 1 is 1.14 bits per heavy atom. The van der Waals surface area contributed by atoms with Gasteiger partial charge in [0.2, 0.25) is 0 Å². The van der Waals surface area contributed by atoms with Crippen LogP contribution in [0.1, 0.15) is 20.8 Å². The summed E-state index contributed by atoms with van der Waals surface area (Å²) in [5, 5.41) is 1.36. The zero-order valence-corrected chi connectivity index (χ0v) is 14.1. The van der Waals surface area contributed by atoms with Crippen LogP contribution in [-0.2, 0) is 0 Å². The second-order valence-electron chi connectivity index (χ2n) is 4.82. The van der Waals surface area contributed by atoms with Gasteiger partial charge < -0.3 is 0 Å². The lowest BCUT2D eigenvalue weighted by Crippen LogP contribution is -1.94. The molecule has 0 fully saturated rings. The van der Waals surface area contributed by atoms with Crippen molar-refractivity contribution >= 4 is 49.0 Å². The molecule has 0 aliphatic rings. The maximum Gasteiger partial charge on any atom is 0.127 e. The lowest BCUT2D eigenvalue weighted by atomic mass is 10.1. The number of hydrogen-bond acceptors (Lipinski definition) is 1. The highest BCUT2D eigenvalue weighted by Crippen LogP contribution is 2.41. The maximum atomic E-state index is 13.5. The summed E-state index contributed by atoms with van der Waals surface area (Å²) < 4.78 is 27.6. The van der Waals surface area contributed by atoms with Gasteiger partial charge in [-0.1, -0.05) is 39.7 Å². The molecule has 0 spiro atoms. The lowest BCUT2D eigenvalue weighted by Gasteiger charge is -2.11. The Hall–Kier alpha value is -0.970. The zero-order valence-electron chi connectivity index (χ0n) is 11.0. The third kappa shape index (κ3) is 2.85. The van der Waals surface area contributed by atoms with Crippen molar-refractivity contribution in [2.45, 2.75) is 11.8 Å². The monoisotopic (exact) mass is 386 g/mol. The molecule has 108 valence electrons. The first-order valence-electron chi connectivity index (χ1n) is 6.24. The summed E-state index contributed by atoms with van der Waals surface area (Å²) in [6.45, 7) is 1.70. The summed E-state index contributed by atoms with van der Waals surface area (Å²) in [6.07, 6.45) is 0. The van der Waals surface area contributed by atoms with Crippen LogP contribution in [0.3, 0.4) is 0 Å². The quantitative estimate of drug-likeness (QED) is 0.433. The van der Waals surface area contributed by atoms with Gasteiger partial charge in [-0.05, 0) is 47.7 Å². The lowest BCUT2D eigenvalue weighted by molar-refractivity contribution is 0.618. The van der Waals surface area contributed by atoms with Crippen LogP contribution in [0.5, 0.6) is 0 Å². The Balaban J connectivity index is 2.07. The minimum Gasteiger partial charge on any atom is -0.207 e. The van der Waals surface area contributed by atoms with Crippen LogP contribution in [0.15, 0.2) is 36.4 Å². The van der Waals surface area contributed by atoms with Crippen LogP contribution >= 0.6 is 38.9 Å². The number of alkyl halides is 1. The van der Waals surface area contributed by atoms with Gasteiger partial charge in [0.25, 0.3) is 0 Å². The highest BCUT2D eigenvalue weighted by molar-refractivity contribution is 9.09. The summed E-state index contributed by atoms with van der Waals surface area (Å²) in [5.41, 5.74) is 1.36. The van der Waals surface area contributed by atoms with Gasteiger partial charge in [0.15, 0.2) is 0 Å². The van der Waals surface area contributed by atoms with Crippen LogP contribution in [0.25, 0.3) is 10.1 Å². The molecule has 0 radical (unpaired) electrons. The summed E-state index contributed by atoms with van der Waals surface area (Å²) >= 11 is 11.2. The van der Waals surface area contributed by atoms with Crippen molar-refractivity contribution in [2.24, 2.45) is 0 Å². The van der Waals surface area contributed by atoms with Crippen LogP contribution in [0, 0.1) is 18.6 Å². The number of fused-ring (bicyclic) bond motifs is 1. The summed E-state index contributed by atoms with van der Waals surface area (Å²) in [5.74, 6) is -0.570. The molecule has 1 aromatic heterocycles. The molecule has 1 unspecified atom stereocenters. The van der Waals surface area contributed by atoms with Gasteiger partial charge in [-0.25, -0.2) is 8.78 Å². The van der Waals surface area contributed by atoms with Crippen molar-refractivity contribution in [3.63, 3.8) is 0 Å². The first-order chi connectivity index (χ1) is 9.95. The largest absolute Gasteiger partial charge is 0.207 e. The van der Waals surface area contributed by atoms with Crippen molar-refractivity contribution in [1.82, 2.24) is 0 Å². The Morgan fingerprint density at radius 3 is 2.67 bits per heavy atom. The first-order valence-corrected chi connectivity index (χ1v) is 8.35. The van der Waals surface area contributed by atoms with Gasteiger partial charge in [0, 0.05) is 14.6 Å². The van der Waals surface area contributed by atoms with E-state index in [1.54, 1.807) is 19.1 Å². The number of thiophene rings is 1. The molecule has 1 heterocycles. The minimum absolute atomic E-state index is 0.148. The highest BCUT2D eigenvalue weighted by atomic mass is 79.9. The van der Waals surface area contributed by atoms with Crippen LogP contribution in [0.2, 0.25) is 5.02 Å². The second-order valence-corrected chi connectivity index (χ2v) is 7.25. The van der Waals surface area contributed by atoms with Gasteiger partial charge >= 0.3 is 0 Å². The van der Waals surface area contributed by atoms with Gasteiger partial charge in [0.05, 0.1) is 4.83 Å². The van der Waals surface area contributed by atoms with E-state index in [0.29, 0.717) is 10.6 Å². The third-order valence-corrected chi connectivity index (χ3v) is 6.08. The first kappa shape index (κ1) is 14.9. The van der Waals surface area contributed by atoms with E-state index < -0.39 is 0 Å². The zero-order chi connectivity index (χ0) is 15.1. The van der Waals surface area contributed by atoms with E-state index in [-0.39, 0.29) is 16.5 Å². The van der Waals surface area contributed by atoms with Crippen LogP contribution in [0.4, 0.5) is 8.78 Å². The number of hydrogen-bond donors (Lipinski definition) is 0. The molecule has 0 bridgehead atoms. The standard InChI is InChI=1S/C16H10BrClF2S/c1-8-4-11(12(18)7-13(8)20)16(17)15-5-9-2-3-10(19)6-14(9)21-15/h2-7,16H,1H3. The van der Waals surface area contributed by atoms with Crippen molar-refractivity contribution < 1.29 is 8.78 Å². The Kier molecular flexibility index (Phi) is 4.04. The van der Waals surface area contributed by atoms with Crippen molar-refractivity contribution in [1.29, 1.82) is 0 Å². The fourth-order valence-electron chi connectivity index (χ4n) is 2.18. The predicted octanol–water partition coefficient (Wildman–Crippen LogP) is 6.63. The Morgan fingerprint density at radius 2 is 1.90 bits per heavy atom. The molecular weight excluding hydrogens is 378 g/mol. The molecule has 3 rings (SSSR count). The van der Waals surface area contributed by atoms with Gasteiger partial charge in [-0.15, -0.1) is 11.3 Å². The molecule has 0 aliphatic carbocycles. The topological polar surface area (TPSA) is 0 Å². The fraction of sp³-hybridized carbons (Fsp3) is 0.125. The fourth-order valence-corrected chi connectivity index (χ4v) is 4.45. The predicted molar refractivity (Wildman–Crippen MR) is 88.7 cm³/mol. The van der Waals surface area contributed by atoms with Crippen molar-refractivity contribution in [2.75, 3.05) is 0 Å². The number of rotatable bonds is 2. The van der Waals surface area contributed by atoms with Crippen molar-refractivity contribution in [3.8, 4) is 0 Å². The number of aryl methyl sites for hydroxylation is 1. The molecule has 21 heavy (non-hydrogen) atoms. The number of benzene rings is 2. The van der Waals surface area contributed by atoms with Crippen molar-refractivity contribution in [3.05, 3.63) is 69.1 Å². The molecular formula is C16H10BrClF2S. The molecule has 1 atom stereocenters. The molecule has 2 aromatic carbocycles. The number of halogens is 4. The molecule has 5 heteroatoms. The summed E-state index contributed by atoms with van der Waals surface area (Å²) in [7, 11) is 0. The molecule has 0 aliphatic heterocycles. The SMILES string of the molecule is Cc1cc(C(Br)c2cc3ccc(F)cc3s2)c(Cl)cc1F. The van der Waals surface area contributed by atoms with Gasteiger partial charge in [-0.3, -0.25) is 0 Å². The van der Waals surface area contributed by atoms with E-state index in [2.05, 4.69) is 15.9 Å². The van der Waals surface area contributed by atoms with E-state index in [1.165, 1.54) is 29.5 Å². The molecule has 0 nitrogen and oxygen atoms in total. The van der Waals surface area contributed by atoms with E-state index in [0.717, 1.165) is 20.5 Å². The molecule has 0 amide bonds. The molecule has 0 saturated heterocycles. The average molecular weight is 388 g/mol. The molecule has 0 saturated carbocycles. The van der Waals surface area contributed by atoms with E-state index in [4.69, 9.17) is 11.6 Å². The molecule has 0 N–H and O–H groups in total. The van der Waals surface area contributed by atoms with Crippen LogP contribution in [-0.4, -0.2) is 0 Å². The summed E-state index contributed by atoms with van der Waals surface area (Å²) in [4.78, 5) is 0.855. The average Bonchev–Trinajstić information content (AvgIpc) is 2.85. The highest BCUT2D eigenvalue weighted by Gasteiger charge is 2.18. The summed E-state index contributed by atoms with van der Waals surface area (Å²) in [6, 6.07) is 9.77. The normalized spacial score (nSPS) is 12.8. The second kappa shape index (κ2) is 5.67. The smallest absolute Gasteiger partial charge is 0.127 e. The van der Waals surface area contributed by atoms with E-state index in [1.807, 2.05) is 6.07 Å². The van der Waals surface area contributed by atoms with E-state index >= 15 is 0 Å². The van der Waals surface area contributed by atoms with E-state index in [9.17, 15) is 8.78 Å². The third-order valence-electron chi connectivity index (χ3n) is 3.30.